The van der Waals surface area contributed by atoms with Gasteiger partial charge >= 0.3 is 6.18 Å². The third kappa shape index (κ3) is 3.56. The maximum Gasteiger partial charge on any atom is 0.415 e. The maximum atomic E-state index is 12.7. The van der Waals surface area contributed by atoms with Crippen LogP contribution in [0.25, 0.3) is 0 Å². The van der Waals surface area contributed by atoms with Crippen molar-refractivity contribution in [3.63, 3.8) is 0 Å². The Morgan fingerprint density at radius 1 is 1.38 bits per heavy atom. The molecule has 0 aromatic carbocycles. The fourth-order valence-corrected chi connectivity index (χ4v) is 2.77. The number of hydrogen-bond acceptors (Lipinski definition) is 4. The van der Waals surface area contributed by atoms with E-state index in [2.05, 4.69) is 10.4 Å². The minimum atomic E-state index is -4.30. The number of hydrogen-bond donors (Lipinski definition) is 1. The van der Waals surface area contributed by atoms with Gasteiger partial charge in [0.2, 0.25) is 0 Å². The molecule has 1 N–H and O–H groups in total. The second-order valence-corrected chi connectivity index (χ2v) is 5.52. The Labute approximate surface area is 121 Å². The summed E-state index contributed by atoms with van der Waals surface area (Å²) in [5, 5.41) is 7.81. The number of morpholine rings is 1. The van der Waals surface area contributed by atoms with Crippen LogP contribution in [-0.4, -0.2) is 53.2 Å². The summed E-state index contributed by atoms with van der Waals surface area (Å²) >= 11 is 0. The van der Waals surface area contributed by atoms with Gasteiger partial charge in [0, 0.05) is 32.7 Å². The van der Waals surface area contributed by atoms with Crippen molar-refractivity contribution in [2.45, 2.75) is 38.3 Å². The van der Waals surface area contributed by atoms with Gasteiger partial charge in [0.15, 0.2) is 6.10 Å². The molecule has 1 atom stereocenters. The first kappa shape index (κ1) is 14.8. The number of nitrogens with zero attached hydrogens (tertiary/aromatic N) is 3. The normalized spacial score (nSPS) is 24.6. The minimum Gasteiger partial charge on any atom is -0.366 e. The average molecular weight is 304 g/mol. The maximum absolute atomic E-state index is 12.7. The quantitative estimate of drug-likeness (QED) is 0.890. The lowest BCUT2D eigenvalue weighted by Crippen LogP contribution is -2.48. The van der Waals surface area contributed by atoms with Crippen LogP contribution in [0, 0.1) is 0 Å². The molecule has 2 aliphatic heterocycles. The molecule has 21 heavy (non-hydrogen) atoms. The molecule has 1 aromatic heterocycles. The number of aromatic nitrogens is 2. The molecule has 3 heterocycles. The van der Waals surface area contributed by atoms with E-state index in [0.717, 1.165) is 37.4 Å². The van der Waals surface area contributed by atoms with Crippen LogP contribution in [0.1, 0.15) is 17.8 Å². The van der Waals surface area contributed by atoms with Crippen molar-refractivity contribution in [2.75, 3.05) is 26.2 Å². The van der Waals surface area contributed by atoms with Gasteiger partial charge in [-0.15, -0.1) is 0 Å². The highest BCUT2D eigenvalue weighted by Gasteiger charge is 2.43. The number of ether oxygens (including phenoxy) is 1. The number of alkyl halides is 3. The van der Waals surface area contributed by atoms with Crippen LogP contribution in [-0.2, 0) is 24.4 Å². The molecule has 3 rings (SSSR count). The predicted octanol–water partition coefficient (Wildman–Crippen LogP) is 1.14. The van der Waals surface area contributed by atoms with Gasteiger partial charge in [-0.2, -0.15) is 18.3 Å². The predicted molar refractivity (Wildman–Crippen MR) is 69.6 cm³/mol. The van der Waals surface area contributed by atoms with E-state index in [1.807, 2.05) is 10.7 Å². The molecule has 1 aromatic rings. The van der Waals surface area contributed by atoms with Crippen LogP contribution in [0.4, 0.5) is 13.2 Å². The van der Waals surface area contributed by atoms with E-state index in [0.29, 0.717) is 13.1 Å². The average Bonchev–Trinajstić information content (AvgIpc) is 2.67. The molecule has 1 saturated heterocycles. The first-order valence-electron chi connectivity index (χ1n) is 7.19. The first-order valence-corrected chi connectivity index (χ1v) is 7.19. The van der Waals surface area contributed by atoms with Gasteiger partial charge in [0.1, 0.15) is 0 Å². The molecule has 5 nitrogen and oxygen atoms in total. The second kappa shape index (κ2) is 5.94. The fourth-order valence-electron chi connectivity index (χ4n) is 2.77. The lowest BCUT2D eigenvalue weighted by molar-refractivity contribution is -0.237. The van der Waals surface area contributed by atoms with Crippen molar-refractivity contribution in [1.29, 1.82) is 0 Å². The van der Waals surface area contributed by atoms with Crippen LogP contribution in [0.2, 0.25) is 0 Å². The smallest absolute Gasteiger partial charge is 0.366 e. The van der Waals surface area contributed by atoms with Gasteiger partial charge in [-0.25, -0.2) is 0 Å². The summed E-state index contributed by atoms with van der Waals surface area (Å²) in [5.41, 5.74) is 1.93. The molecule has 1 fully saturated rings. The van der Waals surface area contributed by atoms with Gasteiger partial charge in [-0.1, -0.05) is 0 Å². The Morgan fingerprint density at radius 3 is 3.05 bits per heavy atom. The van der Waals surface area contributed by atoms with Crippen molar-refractivity contribution < 1.29 is 17.9 Å². The summed E-state index contributed by atoms with van der Waals surface area (Å²) in [6.45, 7) is 3.53. The number of rotatable bonds is 2. The van der Waals surface area contributed by atoms with Gasteiger partial charge in [0.25, 0.3) is 0 Å². The zero-order valence-corrected chi connectivity index (χ0v) is 11.7. The van der Waals surface area contributed by atoms with E-state index < -0.39 is 12.3 Å². The monoisotopic (exact) mass is 304 g/mol. The minimum absolute atomic E-state index is 0.110. The van der Waals surface area contributed by atoms with Crippen LogP contribution in [0.15, 0.2) is 6.07 Å². The highest BCUT2D eigenvalue weighted by molar-refractivity contribution is 5.11. The largest absolute Gasteiger partial charge is 0.415 e. The molecular weight excluding hydrogens is 285 g/mol. The van der Waals surface area contributed by atoms with E-state index in [9.17, 15) is 13.2 Å². The van der Waals surface area contributed by atoms with Crippen LogP contribution in [0.5, 0.6) is 0 Å². The number of nitrogens with one attached hydrogen (secondary N) is 1. The second-order valence-electron chi connectivity index (χ2n) is 5.52. The lowest BCUT2D eigenvalue weighted by Gasteiger charge is -2.33. The van der Waals surface area contributed by atoms with Crippen LogP contribution in [0.3, 0.4) is 0 Å². The topological polar surface area (TPSA) is 42.3 Å². The summed E-state index contributed by atoms with van der Waals surface area (Å²) in [5.74, 6) is 0. The highest BCUT2D eigenvalue weighted by Crippen LogP contribution is 2.26. The third-order valence-corrected chi connectivity index (χ3v) is 3.84. The van der Waals surface area contributed by atoms with E-state index >= 15 is 0 Å². The van der Waals surface area contributed by atoms with Crippen molar-refractivity contribution in [3.8, 4) is 0 Å². The van der Waals surface area contributed by atoms with Crippen LogP contribution < -0.4 is 5.32 Å². The molecule has 0 bridgehead atoms. The Balaban J connectivity index is 1.64. The number of fused-ring (bicyclic) bond motifs is 1. The molecule has 8 heteroatoms. The first-order chi connectivity index (χ1) is 10.0. The fraction of sp³-hybridized carbons (Fsp3) is 0.769. The summed E-state index contributed by atoms with van der Waals surface area (Å²) in [4.78, 5) is 1.76. The number of aryl methyl sites for hydroxylation is 1. The lowest BCUT2D eigenvalue weighted by atomic mass is 10.2. The summed E-state index contributed by atoms with van der Waals surface area (Å²) in [6.07, 6.45) is -4.97. The van der Waals surface area contributed by atoms with Gasteiger partial charge in [-0.3, -0.25) is 9.58 Å². The standard InChI is InChI=1S/C13H19F3N4O/c14-13(15,16)12-9-19(4-5-21-12)8-10-6-11-7-17-2-1-3-20(11)18-10/h6,12,17H,1-5,7-9H2/t12-/m0/s1. The van der Waals surface area contributed by atoms with Gasteiger partial charge < -0.3 is 10.1 Å². The van der Waals surface area contributed by atoms with E-state index in [1.165, 1.54) is 0 Å². The molecule has 2 aliphatic rings. The van der Waals surface area contributed by atoms with Crippen molar-refractivity contribution in [2.24, 2.45) is 0 Å². The molecular formula is C13H19F3N4O. The van der Waals surface area contributed by atoms with Gasteiger partial charge in [0.05, 0.1) is 18.0 Å². The van der Waals surface area contributed by atoms with Gasteiger partial charge in [-0.05, 0) is 19.0 Å². The third-order valence-electron chi connectivity index (χ3n) is 3.84. The van der Waals surface area contributed by atoms with Crippen LogP contribution >= 0.6 is 0 Å². The van der Waals surface area contributed by atoms with Crippen molar-refractivity contribution >= 4 is 0 Å². The van der Waals surface area contributed by atoms with Crippen molar-refractivity contribution in [1.82, 2.24) is 20.0 Å². The zero-order chi connectivity index (χ0) is 14.9. The SMILES string of the molecule is FC(F)(F)[C@@H]1CN(Cc2cc3n(n2)CCCNC3)CCO1. The Hall–Kier alpha value is -1.12. The van der Waals surface area contributed by atoms with E-state index in [1.54, 1.807) is 4.90 Å². The molecule has 0 radical (unpaired) electrons. The molecule has 0 amide bonds. The van der Waals surface area contributed by atoms with E-state index in [-0.39, 0.29) is 13.2 Å². The summed E-state index contributed by atoms with van der Waals surface area (Å²) in [7, 11) is 0. The molecule has 0 spiro atoms. The molecule has 0 unspecified atom stereocenters. The summed E-state index contributed by atoms with van der Waals surface area (Å²) in [6, 6.07) is 1.98. The highest BCUT2D eigenvalue weighted by atomic mass is 19.4. The Morgan fingerprint density at radius 2 is 2.24 bits per heavy atom. The molecule has 118 valence electrons. The number of halogens is 3. The zero-order valence-electron chi connectivity index (χ0n) is 11.7. The summed E-state index contributed by atoms with van der Waals surface area (Å²) < 4.78 is 44.9. The molecule has 0 aliphatic carbocycles. The Bertz CT molecular complexity index is 465. The van der Waals surface area contributed by atoms with Crippen molar-refractivity contribution in [3.05, 3.63) is 17.5 Å². The van der Waals surface area contributed by atoms with E-state index in [4.69, 9.17) is 4.74 Å². The molecule has 0 saturated carbocycles. The Kier molecular flexibility index (Phi) is 4.19.